The maximum atomic E-state index is 5.81. The Balaban J connectivity index is 1.49. The number of nitrogens with one attached hydrogen (secondary N) is 1. The van der Waals surface area contributed by atoms with Crippen LogP contribution in [0.15, 0.2) is 18.2 Å². The maximum absolute atomic E-state index is 5.81. The largest absolute Gasteiger partial charge is 0.477 e. The Morgan fingerprint density at radius 3 is 2.78 bits per heavy atom. The normalized spacial score (nSPS) is 20.2. The molecule has 0 unspecified atom stereocenters. The fourth-order valence-corrected chi connectivity index (χ4v) is 2.55. The van der Waals surface area contributed by atoms with E-state index < -0.39 is 0 Å². The molecule has 0 radical (unpaired) electrons. The van der Waals surface area contributed by atoms with Crippen LogP contribution in [0.1, 0.15) is 44.2 Å². The molecule has 3 nitrogen and oxygen atoms in total. The van der Waals surface area contributed by atoms with E-state index in [1.807, 2.05) is 12.1 Å². The third-order valence-corrected chi connectivity index (χ3v) is 3.87. The van der Waals surface area contributed by atoms with Gasteiger partial charge in [-0.1, -0.05) is 18.9 Å². The number of rotatable bonds is 6. The smallest absolute Gasteiger partial charge is 0.213 e. The molecule has 0 aromatic carbocycles. The van der Waals surface area contributed by atoms with Crippen molar-refractivity contribution >= 4 is 0 Å². The van der Waals surface area contributed by atoms with Gasteiger partial charge in [0.05, 0.1) is 12.3 Å². The molecular weight excluding hydrogens is 224 g/mol. The van der Waals surface area contributed by atoms with Crippen LogP contribution in [0.5, 0.6) is 5.88 Å². The highest BCUT2D eigenvalue weighted by Gasteiger charge is 2.20. The summed E-state index contributed by atoms with van der Waals surface area (Å²) in [7, 11) is 0. The van der Waals surface area contributed by atoms with Gasteiger partial charge in [0.1, 0.15) is 0 Å². The molecule has 2 fully saturated rings. The highest BCUT2D eigenvalue weighted by atomic mass is 16.5. The number of aromatic nitrogens is 1. The van der Waals surface area contributed by atoms with E-state index >= 15 is 0 Å². The third-order valence-electron chi connectivity index (χ3n) is 3.87. The van der Waals surface area contributed by atoms with Gasteiger partial charge in [0.25, 0.3) is 0 Å². The van der Waals surface area contributed by atoms with Gasteiger partial charge in [0, 0.05) is 18.7 Å². The van der Waals surface area contributed by atoms with Crippen molar-refractivity contribution in [2.45, 2.75) is 51.1 Å². The van der Waals surface area contributed by atoms with Crippen LogP contribution in [-0.4, -0.2) is 17.6 Å². The number of pyridine rings is 1. The van der Waals surface area contributed by atoms with Gasteiger partial charge < -0.3 is 10.1 Å². The highest BCUT2D eigenvalue weighted by Crippen LogP contribution is 2.25. The number of nitrogens with zero attached hydrogens (tertiary/aromatic N) is 1. The lowest BCUT2D eigenvalue weighted by Gasteiger charge is -2.11. The van der Waals surface area contributed by atoms with Crippen molar-refractivity contribution in [2.75, 3.05) is 6.61 Å². The Bertz CT molecular complexity index is 384. The standard InChI is InChI=1S/C15H22N2O/c1-2-5-12(4-1)11-18-15-7-3-6-14(17-15)10-16-13-8-9-13/h3,6-7,12-13,16H,1-2,4-5,8-11H2. The number of hydrogen-bond donors (Lipinski definition) is 1. The molecule has 1 aromatic rings. The molecule has 0 bridgehead atoms. The number of ether oxygens (including phenoxy) is 1. The summed E-state index contributed by atoms with van der Waals surface area (Å²) < 4.78 is 5.81. The summed E-state index contributed by atoms with van der Waals surface area (Å²) in [4.78, 5) is 4.55. The fraction of sp³-hybridized carbons (Fsp3) is 0.667. The van der Waals surface area contributed by atoms with E-state index in [9.17, 15) is 0 Å². The van der Waals surface area contributed by atoms with Crippen LogP contribution in [0.3, 0.4) is 0 Å². The summed E-state index contributed by atoms with van der Waals surface area (Å²) in [6.07, 6.45) is 8.02. The average molecular weight is 246 g/mol. The van der Waals surface area contributed by atoms with E-state index in [2.05, 4.69) is 16.4 Å². The Labute approximate surface area is 109 Å². The Hall–Kier alpha value is -1.09. The van der Waals surface area contributed by atoms with E-state index in [-0.39, 0.29) is 0 Å². The first-order chi connectivity index (χ1) is 8.90. The molecule has 3 heteroatoms. The van der Waals surface area contributed by atoms with Crippen LogP contribution >= 0.6 is 0 Å². The van der Waals surface area contributed by atoms with Crippen molar-refractivity contribution in [2.24, 2.45) is 5.92 Å². The molecule has 2 aliphatic carbocycles. The molecule has 1 aromatic heterocycles. The van der Waals surface area contributed by atoms with E-state index in [4.69, 9.17) is 4.74 Å². The molecule has 2 saturated carbocycles. The van der Waals surface area contributed by atoms with E-state index in [1.54, 1.807) is 0 Å². The van der Waals surface area contributed by atoms with Gasteiger partial charge in [-0.2, -0.15) is 0 Å². The number of hydrogen-bond acceptors (Lipinski definition) is 3. The van der Waals surface area contributed by atoms with E-state index in [0.717, 1.165) is 36.7 Å². The maximum Gasteiger partial charge on any atom is 0.213 e. The molecule has 0 aliphatic heterocycles. The van der Waals surface area contributed by atoms with Crippen molar-refractivity contribution in [3.8, 4) is 5.88 Å². The van der Waals surface area contributed by atoms with Gasteiger partial charge in [-0.3, -0.25) is 0 Å². The van der Waals surface area contributed by atoms with Crippen LogP contribution in [0.25, 0.3) is 0 Å². The van der Waals surface area contributed by atoms with Gasteiger partial charge in [0.15, 0.2) is 0 Å². The molecule has 1 heterocycles. The molecule has 2 aliphatic rings. The summed E-state index contributed by atoms with van der Waals surface area (Å²) >= 11 is 0. The predicted octanol–water partition coefficient (Wildman–Crippen LogP) is 2.90. The first-order valence-corrected chi connectivity index (χ1v) is 7.22. The lowest BCUT2D eigenvalue weighted by Crippen LogP contribution is -2.16. The Kier molecular flexibility index (Phi) is 3.79. The van der Waals surface area contributed by atoms with Crippen LogP contribution in [-0.2, 0) is 6.54 Å². The molecule has 0 atom stereocenters. The van der Waals surface area contributed by atoms with Crippen molar-refractivity contribution in [3.05, 3.63) is 23.9 Å². The summed E-state index contributed by atoms with van der Waals surface area (Å²) in [5, 5.41) is 3.48. The second kappa shape index (κ2) is 5.70. The topological polar surface area (TPSA) is 34.2 Å². The molecule has 98 valence electrons. The van der Waals surface area contributed by atoms with Crippen LogP contribution < -0.4 is 10.1 Å². The monoisotopic (exact) mass is 246 g/mol. The minimum absolute atomic E-state index is 0.731. The van der Waals surface area contributed by atoms with E-state index in [1.165, 1.54) is 38.5 Å². The molecule has 18 heavy (non-hydrogen) atoms. The zero-order chi connectivity index (χ0) is 12.2. The first-order valence-electron chi connectivity index (χ1n) is 7.22. The van der Waals surface area contributed by atoms with Crippen molar-refractivity contribution < 1.29 is 4.74 Å². The summed E-state index contributed by atoms with van der Waals surface area (Å²) in [6.45, 7) is 1.71. The second-order valence-electron chi connectivity index (χ2n) is 5.58. The highest BCUT2D eigenvalue weighted by molar-refractivity contribution is 5.16. The zero-order valence-corrected chi connectivity index (χ0v) is 10.9. The molecule has 0 spiro atoms. The van der Waals surface area contributed by atoms with E-state index in [0.29, 0.717) is 0 Å². The minimum atomic E-state index is 0.731. The Morgan fingerprint density at radius 2 is 2.00 bits per heavy atom. The molecule has 0 saturated heterocycles. The summed E-state index contributed by atoms with van der Waals surface area (Å²) in [6, 6.07) is 6.81. The third kappa shape index (κ3) is 3.45. The second-order valence-corrected chi connectivity index (χ2v) is 5.58. The van der Waals surface area contributed by atoms with Gasteiger partial charge >= 0.3 is 0 Å². The van der Waals surface area contributed by atoms with Gasteiger partial charge in [-0.05, 0) is 37.7 Å². The first kappa shape index (κ1) is 12.0. The van der Waals surface area contributed by atoms with Crippen LogP contribution in [0, 0.1) is 5.92 Å². The minimum Gasteiger partial charge on any atom is -0.477 e. The van der Waals surface area contributed by atoms with Crippen molar-refractivity contribution in [3.63, 3.8) is 0 Å². The molecule has 3 rings (SSSR count). The molecule has 0 amide bonds. The van der Waals surface area contributed by atoms with Gasteiger partial charge in [-0.25, -0.2) is 4.98 Å². The fourth-order valence-electron chi connectivity index (χ4n) is 2.55. The summed E-state index contributed by atoms with van der Waals surface area (Å²) in [5.41, 5.74) is 1.09. The zero-order valence-electron chi connectivity index (χ0n) is 10.9. The molecule has 1 N–H and O–H groups in total. The summed E-state index contributed by atoms with van der Waals surface area (Å²) in [5.74, 6) is 1.54. The lowest BCUT2D eigenvalue weighted by molar-refractivity contribution is 0.243. The van der Waals surface area contributed by atoms with Crippen LogP contribution in [0.4, 0.5) is 0 Å². The van der Waals surface area contributed by atoms with Crippen molar-refractivity contribution in [1.82, 2.24) is 10.3 Å². The molecular formula is C15H22N2O. The quantitative estimate of drug-likeness (QED) is 0.838. The van der Waals surface area contributed by atoms with Gasteiger partial charge in [0.2, 0.25) is 5.88 Å². The average Bonchev–Trinajstić information content (AvgIpc) is 3.09. The van der Waals surface area contributed by atoms with Gasteiger partial charge in [-0.15, -0.1) is 0 Å². The van der Waals surface area contributed by atoms with Crippen molar-refractivity contribution in [1.29, 1.82) is 0 Å². The predicted molar refractivity (Wildman–Crippen MR) is 71.6 cm³/mol. The van der Waals surface area contributed by atoms with Crippen LogP contribution in [0.2, 0.25) is 0 Å². The SMILES string of the molecule is c1cc(CNC2CC2)nc(OCC2CCCC2)c1. The Morgan fingerprint density at radius 1 is 1.17 bits per heavy atom. The lowest BCUT2D eigenvalue weighted by atomic mass is 10.1.